The van der Waals surface area contributed by atoms with E-state index in [1.807, 2.05) is 18.2 Å². The fourth-order valence-electron chi connectivity index (χ4n) is 1.79. The topological polar surface area (TPSA) is 26.0 Å². The van der Waals surface area contributed by atoms with Crippen LogP contribution in [0.15, 0.2) is 22.7 Å². The van der Waals surface area contributed by atoms with Crippen molar-refractivity contribution in [2.75, 3.05) is 0 Å². The zero-order chi connectivity index (χ0) is 10.1. The normalized spacial score (nSPS) is 19.1. The van der Waals surface area contributed by atoms with Crippen LogP contribution in [0.1, 0.15) is 30.9 Å². The second-order valence-electron chi connectivity index (χ2n) is 3.89. The first kappa shape index (κ1) is 10.5. The number of hydrogen-bond donors (Lipinski definition) is 1. The molecule has 14 heavy (non-hydrogen) atoms. The summed E-state index contributed by atoms with van der Waals surface area (Å²) in [7, 11) is 0. The Morgan fingerprint density at radius 3 is 2.64 bits per heavy atom. The Hall–Kier alpha value is -0.0500. The molecule has 1 aromatic carbocycles. The molecule has 1 fully saturated rings. The van der Waals surface area contributed by atoms with Gasteiger partial charge in [-0.05, 0) is 52.4 Å². The third-order valence-corrected chi connectivity index (χ3v) is 4.20. The fraction of sp³-hybridized carbons (Fsp3) is 0.455. The van der Waals surface area contributed by atoms with E-state index < -0.39 is 0 Å². The Labute approximate surface area is 97.8 Å². The smallest absolute Gasteiger partial charge is 0.0548 e. The molecule has 0 aromatic heterocycles. The number of benzene rings is 1. The summed E-state index contributed by atoms with van der Waals surface area (Å²) < 4.78 is 0.937. The predicted octanol–water partition coefficient (Wildman–Crippen LogP) is 3.90. The van der Waals surface area contributed by atoms with Crippen LogP contribution < -0.4 is 5.73 Å². The molecule has 0 radical (unpaired) electrons. The molecular weight excluding hydrogens is 261 g/mol. The highest BCUT2D eigenvalue weighted by molar-refractivity contribution is 9.10. The van der Waals surface area contributed by atoms with E-state index in [2.05, 4.69) is 15.9 Å². The lowest BCUT2D eigenvalue weighted by Gasteiger charge is -2.31. The maximum absolute atomic E-state index is 6.16. The Bertz CT molecular complexity index is 336. The minimum Gasteiger partial charge on any atom is -0.324 e. The Kier molecular flexibility index (Phi) is 3.15. The average molecular weight is 275 g/mol. The standard InChI is InChI=1S/C11H13BrClN/c12-9-6-8(4-5-10(9)13)11(14)7-2-1-3-7/h4-7,11H,1-3,14H2/t11-/m0/s1. The molecule has 3 heteroatoms. The van der Waals surface area contributed by atoms with E-state index in [9.17, 15) is 0 Å². The SMILES string of the molecule is N[C@H](c1ccc(Cl)c(Br)c1)C1CCC1. The van der Waals surface area contributed by atoms with Gasteiger partial charge in [-0.15, -0.1) is 0 Å². The van der Waals surface area contributed by atoms with Crippen molar-refractivity contribution in [1.82, 2.24) is 0 Å². The first-order chi connectivity index (χ1) is 6.68. The van der Waals surface area contributed by atoms with Crippen molar-refractivity contribution >= 4 is 27.5 Å². The molecule has 0 aliphatic heterocycles. The third kappa shape index (κ3) is 1.97. The van der Waals surface area contributed by atoms with Crippen molar-refractivity contribution in [3.8, 4) is 0 Å². The van der Waals surface area contributed by atoms with Gasteiger partial charge in [-0.2, -0.15) is 0 Å². The van der Waals surface area contributed by atoms with Gasteiger partial charge in [0.05, 0.1) is 5.02 Å². The maximum Gasteiger partial charge on any atom is 0.0548 e. The van der Waals surface area contributed by atoms with Crippen LogP contribution >= 0.6 is 27.5 Å². The summed E-state index contributed by atoms with van der Waals surface area (Å²) in [5, 5.41) is 0.745. The van der Waals surface area contributed by atoms with Crippen molar-refractivity contribution in [2.24, 2.45) is 11.7 Å². The predicted molar refractivity (Wildman–Crippen MR) is 63.4 cm³/mol. The zero-order valence-corrected chi connectivity index (χ0v) is 10.2. The van der Waals surface area contributed by atoms with E-state index in [4.69, 9.17) is 17.3 Å². The van der Waals surface area contributed by atoms with Crippen LogP contribution in [0.25, 0.3) is 0 Å². The molecule has 2 rings (SSSR count). The van der Waals surface area contributed by atoms with Gasteiger partial charge in [-0.1, -0.05) is 24.1 Å². The number of hydrogen-bond acceptors (Lipinski definition) is 1. The van der Waals surface area contributed by atoms with Gasteiger partial charge in [-0.3, -0.25) is 0 Å². The quantitative estimate of drug-likeness (QED) is 0.869. The molecule has 1 aliphatic carbocycles. The van der Waals surface area contributed by atoms with Crippen LogP contribution in [0.3, 0.4) is 0 Å². The van der Waals surface area contributed by atoms with Crippen molar-refractivity contribution in [2.45, 2.75) is 25.3 Å². The van der Waals surface area contributed by atoms with E-state index in [0.29, 0.717) is 5.92 Å². The summed E-state index contributed by atoms with van der Waals surface area (Å²) in [5.74, 6) is 0.670. The van der Waals surface area contributed by atoms with Gasteiger partial charge in [-0.25, -0.2) is 0 Å². The van der Waals surface area contributed by atoms with E-state index in [1.54, 1.807) is 0 Å². The molecule has 0 spiro atoms. The lowest BCUT2D eigenvalue weighted by molar-refractivity contribution is 0.264. The van der Waals surface area contributed by atoms with Crippen LogP contribution in [-0.4, -0.2) is 0 Å². The Balaban J connectivity index is 2.18. The van der Waals surface area contributed by atoms with Crippen LogP contribution in [0.2, 0.25) is 5.02 Å². The molecule has 1 aliphatic rings. The maximum atomic E-state index is 6.16. The lowest BCUT2D eigenvalue weighted by atomic mass is 9.78. The highest BCUT2D eigenvalue weighted by atomic mass is 79.9. The Morgan fingerprint density at radius 1 is 1.43 bits per heavy atom. The van der Waals surface area contributed by atoms with E-state index in [0.717, 1.165) is 9.50 Å². The van der Waals surface area contributed by atoms with Gasteiger partial charge in [0.25, 0.3) is 0 Å². The fourth-order valence-corrected chi connectivity index (χ4v) is 2.30. The highest BCUT2D eigenvalue weighted by Gasteiger charge is 2.25. The molecule has 0 amide bonds. The van der Waals surface area contributed by atoms with Gasteiger partial charge < -0.3 is 5.73 Å². The average Bonchev–Trinajstić information content (AvgIpc) is 2.06. The van der Waals surface area contributed by atoms with Crippen LogP contribution in [0.4, 0.5) is 0 Å². The zero-order valence-electron chi connectivity index (χ0n) is 7.84. The molecule has 2 N–H and O–H groups in total. The molecule has 1 saturated carbocycles. The summed E-state index contributed by atoms with van der Waals surface area (Å²) in [6.07, 6.45) is 3.86. The summed E-state index contributed by atoms with van der Waals surface area (Å²) in [4.78, 5) is 0. The van der Waals surface area contributed by atoms with Crippen molar-refractivity contribution < 1.29 is 0 Å². The molecule has 0 unspecified atom stereocenters. The lowest BCUT2D eigenvalue weighted by Crippen LogP contribution is -2.26. The number of rotatable bonds is 2. The summed E-state index contributed by atoms with van der Waals surface area (Å²) in [6.45, 7) is 0. The van der Waals surface area contributed by atoms with E-state index >= 15 is 0 Å². The van der Waals surface area contributed by atoms with Crippen molar-refractivity contribution in [3.63, 3.8) is 0 Å². The second kappa shape index (κ2) is 4.21. The van der Waals surface area contributed by atoms with Gasteiger partial charge in [0, 0.05) is 10.5 Å². The largest absolute Gasteiger partial charge is 0.324 e. The highest BCUT2D eigenvalue weighted by Crippen LogP contribution is 2.37. The molecule has 0 heterocycles. The van der Waals surface area contributed by atoms with E-state index in [1.165, 1.54) is 24.8 Å². The number of halogens is 2. The second-order valence-corrected chi connectivity index (χ2v) is 5.15. The van der Waals surface area contributed by atoms with Gasteiger partial charge >= 0.3 is 0 Å². The van der Waals surface area contributed by atoms with Gasteiger partial charge in [0.15, 0.2) is 0 Å². The van der Waals surface area contributed by atoms with Crippen LogP contribution in [-0.2, 0) is 0 Å². The summed E-state index contributed by atoms with van der Waals surface area (Å²) in [5.41, 5.74) is 7.34. The number of nitrogens with two attached hydrogens (primary N) is 1. The minimum absolute atomic E-state index is 0.178. The monoisotopic (exact) mass is 273 g/mol. The summed E-state index contributed by atoms with van der Waals surface area (Å²) >= 11 is 9.34. The van der Waals surface area contributed by atoms with Gasteiger partial charge in [0.1, 0.15) is 0 Å². The molecule has 1 aromatic rings. The first-order valence-electron chi connectivity index (χ1n) is 4.89. The van der Waals surface area contributed by atoms with Crippen LogP contribution in [0, 0.1) is 5.92 Å². The molecule has 1 atom stereocenters. The third-order valence-electron chi connectivity index (χ3n) is 2.99. The minimum atomic E-state index is 0.178. The van der Waals surface area contributed by atoms with Crippen molar-refractivity contribution in [1.29, 1.82) is 0 Å². The van der Waals surface area contributed by atoms with Crippen LogP contribution in [0.5, 0.6) is 0 Å². The van der Waals surface area contributed by atoms with Gasteiger partial charge in [0.2, 0.25) is 0 Å². The molecule has 76 valence electrons. The molecule has 0 saturated heterocycles. The summed E-state index contributed by atoms with van der Waals surface area (Å²) in [6, 6.07) is 6.14. The van der Waals surface area contributed by atoms with Crippen molar-refractivity contribution in [3.05, 3.63) is 33.3 Å². The van der Waals surface area contributed by atoms with E-state index in [-0.39, 0.29) is 6.04 Å². The molecular formula is C11H13BrClN. The molecule has 1 nitrogen and oxygen atoms in total. The first-order valence-corrected chi connectivity index (χ1v) is 6.06. The molecule has 0 bridgehead atoms. The Morgan fingerprint density at radius 2 is 2.14 bits per heavy atom.